The van der Waals surface area contributed by atoms with Crippen molar-refractivity contribution in [3.8, 4) is 0 Å². The first-order chi connectivity index (χ1) is 7.82. The molecule has 0 aromatic heterocycles. The van der Waals surface area contributed by atoms with Crippen LogP contribution in [0.15, 0.2) is 24.3 Å². The molecule has 0 radical (unpaired) electrons. The van der Waals surface area contributed by atoms with Crippen LogP contribution in [0.4, 0.5) is 0 Å². The minimum Gasteiger partial charge on any atom is -0.756 e. The van der Waals surface area contributed by atoms with Crippen molar-refractivity contribution in [3.05, 3.63) is 34.9 Å². The topological polar surface area (TPSA) is 58.6 Å². The Kier molecular flexibility index (Phi) is 3.36. The molecule has 0 saturated carbocycles. The summed E-state index contributed by atoms with van der Waals surface area (Å²) in [5.74, 6) is 0. The molecule has 6 heteroatoms. The lowest BCUT2D eigenvalue weighted by molar-refractivity contribution is -0.250. The first-order valence-corrected chi connectivity index (χ1v) is 7.04. The lowest BCUT2D eigenvalue weighted by Gasteiger charge is -2.43. The highest BCUT2D eigenvalue weighted by molar-refractivity contribution is 7.45. The molecule has 0 bridgehead atoms. The molecule has 1 saturated heterocycles. The summed E-state index contributed by atoms with van der Waals surface area (Å²) in [6.45, 7) is 3.84. The van der Waals surface area contributed by atoms with Gasteiger partial charge >= 0.3 is 0 Å². The molecule has 1 aromatic rings. The van der Waals surface area contributed by atoms with E-state index in [1.54, 1.807) is 24.3 Å². The minimum atomic E-state index is -4.22. The second kappa shape index (κ2) is 4.38. The zero-order chi connectivity index (χ0) is 12.7. The van der Waals surface area contributed by atoms with Crippen molar-refractivity contribution in [3.63, 3.8) is 0 Å². The van der Waals surface area contributed by atoms with E-state index in [1.807, 2.05) is 13.8 Å². The van der Waals surface area contributed by atoms with Crippen LogP contribution in [0, 0.1) is 5.41 Å². The van der Waals surface area contributed by atoms with Crippen LogP contribution in [0.3, 0.4) is 0 Å². The van der Waals surface area contributed by atoms with Gasteiger partial charge in [-0.05, 0) is 6.07 Å². The van der Waals surface area contributed by atoms with Crippen molar-refractivity contribution < 1.29 is 18.5 Å². The van der Waals surface area contributed by atoms with Crippen molar-refractivity contribution >= 4 is 19.4 Å². The zero-order valence-electron chi connectivity index (χ0n) is 9.55. The minimum absolute atomic E-state index is 0.0870. The Morgan fingerprint density at radius 1 is 1.47 bits per heavy atom. The summed E-state index contributed by atoms with van der Waals surface area (Å²) in [5, 5.41) is 0.493. The van der Waals surface area contributed by atoms with E-state index in [9.17, 15) is 9.46 Å². The molecule has 1 unspecified atom stereocenters. The summed E-state index contributed by atoms with van der Waals surface area (Å²) in [6, 6.07) is 7.06. The molecule has 0 aliphatic carbocycles. The predicted molar refractivity (Wildman–Crippen MR) is 62.6 cm³/mol. The normalized spacial score (nSPS) is 32.4. The lowest BCUT2D eigenvalue weighted by Crippen LogP contribution is -2.35. The van der Waals surface area contributed by atoms with Crippen LogP contribution < -0.4 is 4.89 Å². The fraction of sp³-hybridized carbons (Fsp3) is 0.455. The number of benzene rings is 1. The summed E-state index contributed by atoms with van der Waals surface area (Å²) in [6.07, 6.45) is -0.617. The fourth-order valence-corrected chi connectivity index (χ4v) is 3.23. The molecular weight excluding hydrogens is 263 g/mol. The molecule has 0 spiro atoms. The van der Waals surface area contributed by atoms with Gasteiger partial charge in [-0.2, -0.15) is 0 Å². The third-order valence-electron chi connectivity index (χ3n) is 2.73. The molecule has 94 valence electrons. The Morgan fingerprint density at radius 3 is 2.76 bits per heavy atom. The van der Waals surface area contributed by atoms with Crippen molar-refractivity contribution in [1.29, 1.82) is 0 Å². The SMILES string of the molecule is CC1(C)COP(=O)([O-])O[C@H]1c1ccccc1Cl. The molecule has 2 rings (SSSR count). The Labute approximate surface area is 105 Å². The average molecular weight is 276 g/mol. The summed E-state index contributed by atoms with van der Waals surface area (Å²) in [4.78, 5) is 11.4. The first kappa shape index (κ1) is 13.1. The van der Waals surface area contributed by atoms with E-state index in [0.29, 0.717) is 10.6 Å². The lowest BCUT2D eigenvalue weighted by atomic mass is 9.83. The Balaban J connectivity index is 2.41. The summed E-state index contributed by atoms with van der Waals surface area (Å²) >= 11 is 6.07. The Hall–Kier alpha value is -0.380. The van der Waals surface area contributed by atoms with Crippen LogP contribution in [0.1, 0.15) is 25.5 Å². The zero-order valence-corrected chi connectivity index (χ0v) is 11.2. The highest BCUT2D eigenvalue weighted by Crippen LogP contribution is 2.56. The number of phosphoric ester groups is 1. The first-order valence-electron chi connectivity index (χ1n) is 5.20. The molecule has 0 amide bonds. The van der Waals surface area contributed by atoms with E-state index < -0.39 is 19.3 Å². The molecule has 1 aliphatic rings. The second-order valence-corrected chi connectivity index (χ2v) is 6.49. The molecule has 0 N–H and O–H groups in total. The largest absolute Gasteiger partial charge is 0.756 e. The number of hydrogen-bond donors (Lipinski definition) is 0. The van der Waals surface area contributed by atoms with Crippen LogP contribution in [0.25, 0.3) is 0 Å². The molecule has 1 aliphatic heterocycles. The molecule has 1 aromatic carbocycles. The van der Waals surface area contributed by atoms with Gasteiger partial charge in [0.2, 0.25) is 0 Å². The van der Waals surface area contributed by atoms with Crippen molar-refractivity contribution in [1.82, 2.24) is 0 Å². The number of hydrogen-bond acceptors (Lipinski definition) is 4. The van der Waals surface area contributed by atoms with E-state index in [-0.39, 0.29) is 6.61 Å². The molecule has 1 fully saturated rings. The van der Waals surface area contributed by atoms with Gasteiger partial charge in [-0.15, -0.1) is 0 Å². The van der Waals surface area contributed by atoms with E-state index in [0.717, 1.165) is 0 Å². The maximum Gasteiger partial charge on any atom is 0.268 e. The van der Waals surface area contributed by atoms with Gasteiger partial charge in [0, 0.05) is 16.0 Å². The average Bonchev–Trinajstić information content (AvgIpc) is 2.23. The van der Waals surface area contributed by atoms with E-state index in [1.165, 1.54) is 0 Å². The van der Waals surface area contributed by atoms with Gasteiger partial charge in [0.25, 0.3) is 7.82 Å². The van der Waals surface area contributed by atoms with Gasteiger partial charge < -0.3 is 13.9 Å². The smallest absolute Gasteiger partial charge is 0.268 e. The number of phosphoric acid groups is 1. The van der Waals surface area contributed by atoms with Crippen LogP contribution >= 0.6 is 19.4 Å². The summed E-state index contributed by atoms with van der Waals surface area (Å²) in [5.41, 5.74) is 0.210. The monoisotopic (exact) mass is 275 g/mol. The summed E-state index contributed by atoms with van der Waals surface area (Å²) < 4.78 is 21.1. The van der Waals surface area contributed by atoms with Crippen LogP contribution in [-0.2, 0) is 13.6 Å². The summed E-state index contributed by atoms with van der Waals surface area (Å²) in [7, 11) is -4.22. The van der Waals surface area contributed by atoms with Gasteiger partial charge in [-0.1, -0.05) is 43.6 Å². The van der Waals surface area contributed by atoms with Gasteiger partial charge in [-0.25, -0.2) is 0 Å². The molecule has 4 nitrogen and oxygen atoms in total. The highest BCUT2D eigenvalue weighted by Gasteiger charge is 2.41. The van der Waals surface area contributed by atoms with Crippen molar-refractivity contribution in [2.45, 2.75) is 20.0 Å². The second-order valence-electron chi connectivity index (χ2n) is 4.72. The molecular formula is C11H13ClO4P-. The van der Waals surface area contributed by atoms with E-state index in [2.05, 4.69) is 0 Å². The Morgan fingerprint density at radius 2 is 2.12 bits per heavy atom. The van der Waals surface area contributed by atoms with Crippen molar-refractivity contribution in [2.24, 2.45) is 5.41 Å². The highest BCUT2D eigenvalue weighted by atomic mass is 35.5. The van der Waals surface area contributed by atoms with E-state index in [4.69, 9.17) is 20.6 Å². The fourth-order valence-electron chi connectivity index (χ4n) is 1.79. The van der Waals surface area contributed by atoms with Crippen LogP contribution in [0.2, 0.25) is 5.02 Å². The quantitative estimate of drug-likeness (QED) is 0.740. The van der Waals surface area contributed by atoms with E-state index >= 15 is 0 Å². The van der Waals surface area contributed by atoms with Gasteiger partial charge in [0.15, 0.2) is 0 Å². The van der Waals surface area contributed by atoms with Crippen LogP contribution in [0.5, 0.6) is 0 Å². The number of rotatable bonds is 1. The standard InChI is InChI=1S/C11H14ClO4P/c1-11(2)7-15-17(13,14)16-10(11)8-5-3-4-6-9(8)12/h3-6,10H,7H2,1-2H3,(H,13,14)/p-1/t10-/m0/s1. The van der Waals surface area contributed by atoms with Gasteiger partial charge in [-0.3, -0.25) is 4.57 Å². The molecule has 2 atom stereocenters. The van der Waals surface area contributed by atoms with Gasteiger partial charge in [0.1, 0.15) is 0 Å². The maximum absolute atomic E-state index is 11.4. The van der Waals surface area contributed by atoms with Crippen molar-refractivity contribution in [2.75, 3.05) is 6.61 Å². The molecule has 1 heterocycles. The van der Waals surface area contributed by atoms with Crippen LogP contribution in [-0.4, -0.2) is 6.61 Å². The Bertz CT molecular complexity index is 474. The predicted octanol–water partition coefficient (Wildman–Crippen LogP) is 2.92. The molecule has 17 heavy (non-hydrogen) atoms. The third kappa shape index (κ3) is 2.72. The number of halogens is 1. The maximum atomic E-state index is 11.4. The van der Waals surface area contributed by atoms with Gasteiger partial charge in [0.05, 0.1) is 12.7 Å². The third-order valence-corrected chi connectivity index (χ3v) is 3.99.